The van der Waals surface area contributed by atoms with Crippen LogP contribution in [0.3, 0.4) is 0 Å². The van der Waals surface area contributed by atoms with E-state index in [-0.39, 0.29) is 0 Å². The first-order valence-corrected chi connectivity index (χ1v) is 10.3. The summed E-state index contributed by atoms with van der Waals surface area (Å²) in [5.74, 6) is 1.68. The van der Waals surface area contributed by atoms with Gasteiger partial charge in [-0.05, 0) is 24.5 Å². The lowest BCUT2D eigenvalue weighted by Crippen LogP contribution is -2.50. The molecule has 0 aliphatic carbocycles. The number of nitrogens with zero attached hydrogens (tertiary/aromatic N) is 4. The number of aromatic nitrogens is 2. The molecule has 1 aromatic carbocycles. The molecule has 0 saturated carbocycles. The van der Waals surface area contributed by atoms with Crippen molar-refractivity contribution in [3.63, 3.8) is 0 Å². The maximum Gasteiger partial charge on any atom is 0.276 e. The summed E-state index contributed by atoms with van der Waals surface area (Å²) in [6.07, 6.45) is 1.10. The molecule has 0 amide bonds. The number of benzene rings is 1. The largest absolute Gasteiger partial charge is 0.327 e. The van der Waals surface area contributed by atoms with Crippen molar-refractivity contribution < 1.29 is 8.42 Å². The predicted octanol–water partition coefficient (Wildman–Crippen LogP) is 1.40. The van der Waals surface area contributed by atoms with E-state index in [9.17, 15) is 8.42 Å². The van der Waals surface area contributed by atoms with Crippen molar-refractivity contribution in [2.45, 2.75) is 33.4 Å². The van der Waals surface area contributed by atoms with Gasteiger partial charge >= 0.3 is 0 Å². The van der Waals surface area contributed by atoms with E-state index in [2.05, 4.69) is 29.4 Å². The van der Waals surface area contributed by atoms with Crippen LogP contribution in [0.25, 0.3) is 11.0 Å². The van der Waals surface area contributed by atoms with Gasteiger partial charge in [0.05, 0.1) is 17.6 Å². The van der Waals surface area contributed by atoms with Crippen molar-refractivity contribution in [2.24, 2.45) is 11.1 Å². The van der Waals surface area contributed by atoms with E-state index < -0.39 is 10.2 Å². The molecule has 1 fully saturated rings. The van der Waals surface area contributed by atoms with Crippen LogP contribution in [-0.2, 0) is 23.3 Å². The number of hydrogen-bond donors (Lipinski definition) is 1. The maximum atomic E-state index is 11.4. The number of rotatable bonds is 6. The molecule has 8 heteroatoms. The van der Waals surface area contributed by atoms with Crippen molar-refractivity contribution in [1.82, 2.24) is 18.8 Å². The Bertz CT molecular complexity index is 823. The van der Waals surface area contributed by atoms with Crippen LogP contribution >= 0.6 is 0 Å². The molecule has 1 aliphatic rings. The van der Waals surface area contributed by atoms with Gasteiger partial charge in [0, 0.05) is 32.7 Å². The normalized spacial score (nSPS) is 17.6. The van der Waals surface area contributed by atoms with Crippen LogP contribution in [0.2, 0.25) is 0 Å². The smallest absolute Gasteiger partial charge is 0.276 e. The van der Waals surface area contributed by atoms with Gasteiger partial charge in [-0.15, -0.1) is 0 Å². The van der Waals surface area contributed by atoms with Gasteiger partial charge in [-0.3, -0.25) is 4.90 Å². The molecule has 0 spiro atoms. The number of imidazole rings is 1. The summed E-state index contributed by atoms with van der Waals surface area (Å²) in [5.41, 5.74) is 2.19. The lowest BCUT2D eigenvalue weighted by molar-refractivity contribution is 0.176. The third-order valence-corrected chi connectivity index (χ3v) is 5.80. The molecular formula is C17H27N5O2S. The molecule has 138 valence electrons. The molecule has 1 saturated heterocycles. The van der Waals surface area contributed by atoms with Gasteiger partial charge in [0.2, 0.25) is 0 Å². The van der Waals surface area contributed by atoms with E-state index in [4.69, 9.17) is 10.1 Å². The molecule has 1 aromatic heterocycles. The Morgan fingerprint density at radius 2 is 1.84 bits per heavy atom. The Labute approximate surface area is 149 Å². The number of hydrogen-bond acceptors (Lipinski definition) is 4. The van der Waals surface area contributed by atoms with Gasteiger partial charge in [-0.25, -0.2) is 10.1 Å². The summed E-state index contributed by atoms with van der Waals surface area (Å²) in [7, 11) is -3.58. The first-order chi connectivity index (χ1) is 11.8. The van der Waals surface area contributed by atoms with Gasteiger partial charge in [0.25, 0.3) is 10.2 Å². The van der Waals surface area contributed by atoms with Crippen molar-refractivity contribution >= 4 is 21.2 Å². The summed E-state index contributed by atoms with van der Waals surface area (Å²) in [5, 5.41) is 5.21. The molecule has 2 aromatic rings. The Balaban J connectivity index is 1.76. The predicted molar refractivity (Wildman–Crippen MR) is 99.1 cm³/mol. The van der Waals surface area contributed by atoms with E-state index in [1.54, 1.807) is 0 Å². The first kappa shape index (κ1) is 18.3. The number of fused-ring (bicyclic) bond motifs is 1. The van der Waals surface area contributed by atoms with E-state index in [1.807, 2.05) is 18.2 Å². The molecule has 0 atom stereocenters. The van der Waals surface area contributed by atoms with Crippen molar-refractivity contribution in [3.8, 4) is 0 Å². The van der Waals surface area contributed by atoms with Gasteiger partial charge in [0.1, 0.15) is 5.82 Å². The van der Waals surface area contributed by atoms with Gasteiger partial charge in [-0.2, -0.15) is 12.7 Å². The van der Waals surface area contributed by atoms with Gasteiger partial charge < -0.3 is 4.57 Å². The minimum absolute atomic E-state index is 0.436. The van der Waals surface area contributed by atoms with Crippen LogP contribution in [0.4, 0.5) is 0 Å². The molecule has 0 bridgehead atoms. The molecule has 0 unspecified atom stereocenters. The summed E-state index contributed by atoms with van der Waals surface area (Å²) in [6.45, 7) is 8.34. The van der Waals surface area contributed by atoms with Crippen molar-refractivity contribution in [3.05, 3.63) is 30.1 Å². The SMILES string of the molecule is CC(C)CCn1c(CN2CCN(S(N)(=O)=O)CC2)nc2ccccc21. The highest BCUT2D eigenvalue weighted by Crippen LogP contribution is 2.19. The second-order valence-corrected chi connectivity index (χ2v) is 8.62. The Kier molecular flexibility index (Phi) is 5.43. The fourth-order valence-corrected chi connectivity index (χ4v) is 3.90. The number of piperazine rings is 1. The van der Waals surface area contributed by atoms with Gasteiger partial charge in [0.15, 0.2) is 0 Å². The quantitative estimate of drug-likeness (QED) is 0.839. The standard InChI is InChI=1S/C17H27N5O2S/c1-14(2)7-8-22-16-6-4-3-5-15(16)19-17(22)13-20-9-11-21(12-10-20)25(18,23)24/h3-6,14H,7-13H2,1-2H3,(H2,18,23,24). The maximum absolute atomic E-state index is 11.4. The highest BCUT2D eigenvalue weighted by molar-refractivity contribution is 7.86. The van der Waals surface area contributed by atoms with Crippen LogP contribution in [0, 0.1) is 5.92 Å². The average Bonchev–Trinajstić information content (AvgIpc) is 2.89. The number of aryl methyl sites for hydroxylation is 1. The fraction of sp³-hybridized carbons (Fsp3) is 0.588. The molecular weight excluding hydrogens is 338 g/mol. The lowest BCUT2D eigenvalue weighted by atomic mass is 10.1. The zero-order valence-electron chi connectivity index (χ0n) is 14.9. The number of para-hydroxylation sites is 2. The molecule has 25 heavy (non-hydrogen) atoms. The second kappa shape index (κ2) is 7.41. The van der Waals surface area contributed by atoms with Crippen molar-refractivity contribution in [1.29, 1.82) is 0 Å². The molecule has 7 nitrogen and oxygen atoms in total. The van der Waals surface area contributed by atoms with E-state index in [1.165, 1.54) is 9.82 Å². The lowest BCUT2D eigenvalue weighted by Gasteiger charge is -2.32. The Hall–Kier alpha value is -1.48. The van der Waals surface area contributed by atoms with Crippen LogP contribution in [0.15, 0.2) is 24.3 Å². The van der Waals surface area contributed by atoms with Gasteiger partial charge in [-0.1, -0.05) is 26.0 Å². The monoisotopic (exact) mass is 365 g/mol. The topological polar surface area (TPSA) is 84.5 Å². The molecule has 2 heterocycles. The van der Waals surface area contributed by atoms with E-state index >= 15 is 0 Å². The fourth-order valence-electron chi connectivity index (χ4n) is 3.23. The summed E-state index contributed by atoms with van der Waals surface area (Å²) >= 11 is 0. The third-order valence-electron chi connectivity index (χ3n) is 4.72. The van der Waals surface area contributed by atoms with E-state index in [0.717, 1.165) is 30.9 Å². The Morgan fingerprint density at radius 1 is 1.16 bits per heavy atom. The molecule has 3 rings (SSSR count). The highest BCUT2D eigenvalue weighted by Gasteiger charge is 2.25. The average molecular weight is 366 g/mol. The minimum Gasteiger partial charge on any atom is -0.327 e. The van der Waals surface area contributed by atoms with Crippen LogP contribution < -0.4 is 5.14 Å². The minimum atomic E-state index is -3.58. The third kappa shape index (κ3) is 4.38. The first-order valence-electron chi connectivity index (χ1n) is 8.79. The summed E-state index contributed by atoms with van der Waals surface area (Å²) in [4.78, 5) is 7.06. The van der Waals surface area contributed by atoms with E-state index in [0.29, 0.717) is 32.1 Å². The Morgan fingerprint density at radius 3 is 2.48 bits per heavy atom. The van der Waals surface area contributed by atoms with Crippen LogP contribution in [0.1, 0.15) is 26.1 Å². The molecule has 0 radical (unpaired) electrons. The van der Waals surface area contributed by atoms with Crippen molar-refractivity contribution in [2.75, 3.05) is 26.2 Å². The van der Waals surface area contributed by atoms with Crippen LogP contribution in [-0.4, -0.2) is 53.4 Å². The molecule has 2 N–H and O–H groups in total. The number of nitrogens with two attached hydrogens (primary N) is 1. The van der Waals surface area contributed by atoms with Crippen LogP contribution in [0.5, 0.6) is 0 Å². The summed E-state index contributed by atoms with van der Waals surface area (Å²) < 4.78 is 26.5. The second-order valence-electron chi connectivity index (χ2n) is 7.07. The zero-order chi connectivity index (χ0) is 18.0. The zero-order valence-corrected chi connectivity index (χ0v) is 15.7. The summed E-state index contributed by atoms with van der Waals surface area (Å²) in [6, 6.07) is 8.22. The highest BCUT2D eigenvalue weighted by atomic mass is 32.2. The molecule has 1 aliphatic heterocycles.